The number of nitrogens with zero attached hydrogens (tertiary/aromatic N) is 1. The van der Waals surface area contributed by atoms with Gasteiger partial charge in [-0.3, -0.25) is 9.78 Å². The fourth-order valence-electron chi connectivity index (χ4n) is 2.55. The van der Waals surface area contributed by atoms with E-state index < -0.39 is 0 Å². The molecule has 1 aliphatic carbocycles. The first kappa shape index (κ1) is 12.9. The van der Waals surface area contributed by atoms with Gasteiger partial charge in [0.2, 0.25) is 0 Å². The topological polar surface area (TPSA) is 39.2 Å². The molecule has 1 aromatic heterocycles. The van der Waals surface area contributed by atoms with Crippen LogP contribution < -0.4 is 4.74 Å². The summed E-state index contributed by atoms with van der Waals surface area (Å²) in [4.78, 5) is 15.8. The number of Topliss-reactive ketones (excluding diaryl/α,β-unsaturated/α-hetero) is 1. The predicted molar refractivity (Wildman–Crippen MR) is 77.1 cm³/mol. The van der Waals surface area contributed by atoms with Crippen molar-refractivity contribution < 1.29 is 9.53 Å². The number of rotatable bonds is 4. The number of aryl methyl sites for hydroxylation is 1. The Labute approximate surface area is 118 Å². The molecular weight excluding hydrogens is 250 g/mol. The highest BCUT2D eigenvalue weighted by Gasteiger charge is 2.17. The van der Waals surface area contributed by atoms with Crippen molar-refractivity contribution in [3.8, 4) is 5.75 Å². The van der Waals surface area contributed by atoms with E-state index in [1.165, 1.54) is 5.56 Å². The predicted octanol–water partition coefficient (Wildman–Crippen LogP) is 3.22. The van der Waals surface area contributed by atoms with Gasteiger partial charge in [-0.1, -0.05) is 6.07 Å². The summed E-state index contributed by atoms with van der Waals surface area (Å²) in [5.41, 5.74) is 3.16. The van der Waals surface area contributed by atoms with E-state index in [1.807, 2.05) is 36.5 Å². The van der Waals surface area contributed by atoms with Crippen molar-refractivity contribution in [3.63, 3.8) is 0 Å². The average molecular weight is 267 g/mol. The number of carbonyl (C=O) groups excluding carboxylic acids is 1. The van der Waals surface area contributed by atoms with Gasteiger partial charge in [-0.25, -0.2) is 0 Å². The molecule has 1 aliphatic rings. The summed E-state index contributed by atoms with van der Waals surface area (Å²) < 4.78 is 5.77. The summed E-state index contributed by atoms with van der Waals surface area (Å²) in [5.74, 6) is 1.11. The normalized spacial score (nSPS) is 13.9. The van der Waals surface area contributed by atoms with Crippen LogP contribution in [0.4, 0.5) is 0 Å². The molecule has 1 heterocycles. The summed E-state index contributed by atoms with van der Waals surface area (Å²) in [6.07, 6.45) is 7.06. The lowest BCUT2D eigenvalue weighted by Crippen LogP contribution is -2.11. The van der Waals surface area contributed by atoms with Gasteiger partial charge >= 0.3 is 0 Å². The van der Waals surface area contributed by atoms with Gasteiger partial charge in [0.1, 0.15) is 5.75 Å². The van der Waals surface area contributed by atoms with E-state index in [9.17, 15) is 4.79 Å². The maximum atomic E-state index is 11.7. The van der Waals surface area contributed by atoms with Crippen molar-refractivity contribution in [2.75, 3.05) is 6.61 Å². The number of hydrogen-bond donors (Lipinski definition) is 0. The third kappa shape index (κ3) is 2.87. The van der Waals surface area contributed by atoms with Gasteiger partial charge in [-0.2, -0.15) is 0 Å². The molecule has 3 rings (SSSR count). The molecule has 3 heteroatoms. The fraction of sp³-hybridized carbons (Fsp3) is 0.294. The lowest BCUT2D eigenvalue weighted by atomic mass is 9.90. The fourth-order valence-corrected chi connectivity index (χ4v) is 2.55. The van der Waals surface area contributed by atoms with E-state index in [4.69, 9.17) is 4.74 Å². The highest BCUT2D eigenvalue weighted by atomic mass is 16.5. The van der Waals surface area contributed by atoms with Crippen LogP contribution >= 0.6 is 0 Å². The second-order valence-electron chi connectivity index (χ2n) is 5.06. The van der Waals surface area contributed by atoms with Crippen LogP contribution in [0.15, 0.2) is 42.7 Å². The number of ketones is 1. The first-order valence-corrected chi connectivity index (χ1v) is 7.01. The zero-order chi connectivity index (χ0) is 13.8. The van der Waals surface area contributed by atoms with Crippen molar-refractivity contribution in [1.82, 2.24) is 4.98 Å². The Morgan fingerprint density at radius 3 is 3.00 bits per heavy atom. The smallest absolute Gasteiger partial charge is 0.163 e. The Morgan fingerprint density at radius 1 is 1.20 bits per heavy atom. The van der Waals surface area contributed by atoms with E-state index in [1.54, 1.807) is 6.20 Å². The first-order chi connectivity index (χ1) is 9.83. The number of aromatic nitrogens is 1. The molecule has 0 saturated heterocycles. The number of fused-ring (bicyclic) bond motifs is 1. The molecule has 2 aromatic rings. The van der Waals surface area contributed by atoms with Gasteiger partial charge in [-0.05, 0) is 48.2 Å². The molecule has 3 nitrogen and oxygen atoms in total. The second-order valence-corrected chi connectivity index (χ2v) is 5.06. The third-order valence-corrected chi connectivity index (χ3v) is 3.61. The molecular formula is C17H17NO2. The van der Waals surface area contributed by atoms with Gasteiger partial charge in [-0.15, -0.1) is 0 Å². The molecule has 0 amide bonds. The second kappa shape index (κ2) is 5.87. The number of ether oxygens (including phenoxy) is 1. The number of carbonyl (C=O) groups is 1. The average Bonchev–Trinajstić information content (AvgIpc) is 2.48. The zero-order valence-electron chi connectivity index (χ0n) is 11.3. The minimum Gasteiger partial charge on any atom is -0.493 e. The van der Waals surface area contributed by atoms with E-state index in [0.717, 1.165) is 36.1 Å². The van der Waals surface area contributed by atoms with Gasteiger partial charge in [0.25, 0.3) is 0 Å². The summed E-state index contributed by atoms with van der Waals surface area (Å²) in [6.45, 7) is 0.623. The van der Waals surface area contributed by atoms with Gasteiger partial charge < -0.3 is 4.74 Å². The lowest BCUT2D eigenvalue weighted by molar-refractivity contribution is 0.0972. The molecule has 0 N–H and O–H groups in total. The Hall–Kier alpha value is -2.16. The van der Waals surface area contributed by atoms with Gasteiger partial charge in [0.05, 0.1) is 6.61 Å². The minimum absolute atomic E-state index is 0.258. The largest absolute Gasteiger partial charge is 0.493 e. The Balaban J connectivity index is 1.62. The molecule has 0 bridgehead atoms. The molecule has 20 heavy (non-hydrogen) atoms. The number of hydrogen-bond acceptors (Lipinski definition) is 3. The molecule has 102 valence electrons. The Morgan fingerprint density at radius 2 is 2.15 bits per heavy atom. The summed E-state index contributed by atoms with van der Waals surface area (Å²) in [6, 6.07) is 9.78. The van der Waals surface area contributed by atoms with Crippen molar-refractivity contribution in [3.05, 3.63) is 59.4 Å². The monoisotopic (exact) mass is 267 g/mol. The quantitative estimate of drug-likeness (QED) is 0.853. The lowest BCUT2D eigenvalue weighted by Gasteiger charge is -2.16. The third-order valence-electron chi connectivity index (χ3n) is 3.61. The molecule has 0 aliphatic heterocycles. The zero-order valence-corrected chi connectivity index (χ0v) is 11.3. The maximum Gasteiger partial charge on any atom is 0.163 e. The van der Waals surface area contributed by atoms with Crippen LogP contribution in [0.1, 0.15) is 34.3 Å². The minimum atomic E-state index is 0.258. The first-order valence-electron chi connectivity index (χ1n) is 7.01. The van der Waals surface area contributed by atoms with Gasteiger partial charge in [0.15, 0.2) is 5.78 Å². The maximum absolute atomic E-state index is 11.7. The van der Waals surface area contributed by atoms with Gasteiger partial charge in [0, 0.05) is 30.8 Å². The standard InChI is InChI=1S/C17H17NO2/c19-17-5-1-4-14-11-15(6-7-16(14)17)20-10-8-13-3-2-9-18-12-13/h2-3,6-7,9,11-12H,1,4-5,8,10H2. The Bertz CT molecular complexity index is 608. The van der Waals surface area contributed by atoms with Crippen LogP contribution in [0, 0.1) is 0 Å². The van der Waals surface area contributed by atoms with E-state index >= 15 is 0 Å². The summed E-state index contributed by atoms with van der Waals surface area (Å²) >= 11 is 0. The molecule has 1 aromatic carbocycles. The highest BCUT2D eigenvalue weighted by molar-refractivity contribution is 5.98. The molecule has 0 spiro atoms. The van der Waals surface area contributed by atoms with Crippen LogP contribution in [0.3, 0.4) is 0 Å². The molecule has 0 unspecified atom stereocenters. The van der Waals surface area contributed by atoms with Crippen LogP contribution in [-0.4, -0.2) is 17.4 Å². The van der Waals surface area contributed by atoms with Crippen molar-refractivity contribution in [2.45, 2.75) is 25.7 Å². The van der Waals surface area contributed by atoms with Crippen LogP contribution in [0.5, 0.6) is 5.75 Å². The van der Waals surface area contributed by atoms with Crippen LogP contribution in [-0.2, 0) is 12.8 Å². The highest BCUT2D eigenvalue weighted by Crippen LogP contribution is 2.25. The Kier molecular flexibility index (Phi) is 3.77. The summed E-state index contributed by atoms with van der Waals surface area (Å²) in [7, 11) is 0. The van der Waals surface area contributed by atoms with Crippen molar-refractivity contribution >= 4 is 5.78 Å². The number of benzene rings is 1. The van der Waals surface area contributed by atoms with Crippen LogP contribution in [0.25, 0.3) is 0 Å². The van der Waals surface area contributed by atoms with Crippen LogP contribution in [0.2, 0.25) is 0 Å². The van der Waals surface area contributed by atoms with E-state index in [2.05, 4.69) is 4.98 Å². The van der Waals surface area contributed by atoms with Crippen molar-refractivity contribution in [1.29, 1.82) is 0 Å². The van der Waals surface area contributed by atoms with Crippen molar-refractivity contribution in [2.24, 2.45) is 0 Å². The molecule has 0 fully saturated rings. The molecule has 0 radical (unpaired) electrons. The summed E-state index contributed by atoms with van der Waals surface area (Å²) in [5, 5.41) is 0. The van der Waals surface area contributed by atoms with E-state index in [0.29, 0.717) is 13.0 Å². The number of pyridine rings is 1. The SMILES string of the molecule is O=C1CCCc2cc(OCCc3cccnc3)ccc21. The molecule has 0 atom stereocenters. The van der Waals surface area contributed by atoms with E-state index in [-0.39, 0.29) is 5.78 Å². The molecule has 0 saturated carbocycles.